The molecule has 3 heterocycles. The van der Waals surface area contributed by atoms with Gasteiger partial charge in [-0.2, -0.15) is 5.10 Å². The van der Waals surface area contributed by atoms with Crippen LogP contribution in [0.2, 0.25) is 5.02 Å². The zero-order chi connectivity index (χ0) is 23.8. The number of anilines is 2. The van der Waals surface area contributed by atoms with Gasteiger partial charge in [0.15, 0.2) is 0 Å². The highest BCUT2D eigenvalue weighted by atomic mass is 79.9. The van der Waals surface area contributed by atoms with Crippen LogP contribution >= 0.6 is 27.5 Å². The number of nitrogens with zero attached hydrogens (tertiary/aromatic N) is 5. The lowest BCUT2D eigenvalue weighted by Gasteiger charge is -2.21. The van der Waals surface area contributed by atoms with E-state index in [1.807, 2.05) is 37.6 Å². The molecule has 34 heavy (non-hydrogen) atoms. The summed E-state index contributed by atoms with van der Waals surface area (Å²) in [7, 11) is 1.91. The van der Waals surface area contributed by atoms with Crippen LogP contribution < -0.4 is 10.1 Å². The summed E-state index contributed by atoms with van der Waals surface area (Å²) in [4.78, 5) is 11.6. The molecular formula is C25H26BrClN6O. The molecule has 0 unspecified atom stereocenters. The molecule has 2 aromatic heterocycles. The molecule has 4 aromatic rings. The van der Waals surface area contributed by atoms with Gasteiger partial charge in [-0.25, -0.2) is 9.97 Å². The fraction of sp³-hybridized carbons (Fsp3) is 0.320. The molecule has 0 saturated carbocycles. The number of hydrogen-bond donors (Lipinski definition) is 1. The molecule has 1 N–H and O–H groups in total. The summed E-state index contributed by atoms with van der Waals surface area (Å²) in [6.45, 7) is 6.43. The highest BCUT2D eigenvalue weighted by Crippen LogP contribution is 2.32. The van der Waals surface area contributed by atoms with Gasteiger partial charge in [0, 0.05) is 65.7 Å². The predicted molar refractivity (Wildman–Crippen MR) is 140 cm³/mol. The molecule has 0 spiro atoms. The maximum Gasteiger partial charge on any atom is 0.227 e. The average molecular weight is 542 g/mol. The Hall–Kier alpha value is -2.68. The van der Waals surface area contributed by atoms with Gasteiger partial charge in [-0.1, -0.05) is 27.5 Å². The minimum absolute atomic E-state index is 0.161. The molecule has 1 aliphatic heterocycles. The van der Waals surface area contributed by atoms with Gasteiger partial charge < -0.3 is 10.1 Å². The summed E-state index contributed by atoms with van der Waals surface area (Å²) >= 11 is 9.88. The number of nitrogens with one attached hydrogen (secondary N) is 1. The van der Waals surface area contributed by atoms with E-state index in [4.69, 9.17) is 16.3 Å². The number of aryl methyl sites for hydroxylation is 1. The second-order valence-electron chi connectivity index (χ2n) is 8.91. The van der Waals surface area contributed by atoms with Crippen LogP contribution in [0.4, 0.5) is 11.6 Å². The van der Waals surface area contributed by atoms with Gasteiger partial charge in [-0.05, 0) is 50.1 Å². The Balaban J connectivity index is 1.46. The van der Waals surface area contributed by atoms with E-state index in [1.54, 1.807) is 10.9 Å². The minimum Gasteiger partial charge on any atom is -0.489 e. The Morgan fingerprint density at radius 1 is 1.15 bits per heavy atom. The average Bonchev–Trinajstić information content (AvgIpc) is 3.43. The minimum atomic E-state index is 0.161. The summed E-state index contributed by atoms with van der Waals surface area (Å²) in [6.07, 6.45) is 6.78. The number of halogens is 2. The van der Waals surface area contributed by atoms with Gasteiger partial charge in [-0.15, -0.1) is 0 Å². The summed E-state index contributed by atoms with van der Waals surface area (Å²) < 4.78 is 9.11. The lowest BCUT2D eigenvalue weighted by atomic mass is 10.1. The SMILES string of the molecule is CC(C)N1CC[C@@H](Oc2cc(Nc3ncc4cc(Br)cc(Cl)c4n3)cc(-c3cnn(C)c3)c2)C1. The van der Waals surface area contributed by atoms with Gasteiger partial charge in [-0.3, -0.25) is 9.58 Å². The fourth-order valence-electron chi connectivity index (χ4n) is 4.24. The van der Waals surface area contributed by atoms with Gasteiger partial charge >= 0.3 is 0 Å². The third-order valence-electron chi connectivity index (χ3n) is 6.01. The molecule has 176 valence electrons. The molecule has 1 aliphatic rings. The van der Waals surface area contributed by atoms with Crippen LogP contribution in [0.15, 0.2) is 53.4 Å². The maximum absolute atomic E-state index is 6.43. The van der Waals surface area contributed by atoms with Crippen molar-refractivity contribution in [3.05, 3.63) is 58.4 Å². The van der Waals surface area contributed by atoms with Crippen LogP contribution in [0.25, 0.3) is 22.0 Å². The normalized spacial score (nSPS) is 16.5. The largest absolute Gasteiger partial charge is 0.489 e. The molecule has 1 atom stereocenters. The van der Waals surface area contributed by atoms with E-state index in [2.05, 4.69) is 67.2 Å². The molecule has 1 saturated heterocycles. The van der Waals surface area contributed by atoms with Crippen LogP contribution in [-0.2, 0) is 7.05 Å². The Morgan fingerprint density at radius 2 is 2.00 bits per heavy atom. The van der Waals surface area contributed by atoms with E-state index in [-0.39, 0.29) is 6.10 Å². The van der Waals surface area contributed by atoms with Gasteiger partial charge in [0.2, 0.25) is 5.95 Å². The van der Waals surface area contributed by atoms with E-state index in [0.29, 0.717) is 22.5 Å². The second-order valence-corrected chi connectivity index (χ2v) is 10.2. The number of hydrogen-bond acceptors (Lipinski definition) is 6. The number of benzene rings is 2. The van der Waals surface area contributed by atoms with Crippen LogP contribution in [-0.4, -0.2) is 49.9 Å². The topological polar surface area (TPSA) is 68.1 Å². The fourth-order valence-corrected chi connectivity index (χ4v) is 5.12. The molecule has 9 heteroatoms. The van der Waals surface area contributed by atoms with Crippen molar-refractivity contribution in [2.24, 2.45) is 7.05 Å². The first-order valence-corrected chi connectivity index (χ1v) is 12.4. The molecule has 0 radical (unpaired) electrons. The van der Waals surface area contributed by atoms with E-state index in [0.717, 1.165) is 51.9 Å². The predicted octanol–water partition coefficient (Wildman–Crippen LogP) is 6.05. The number of aromatic nitrogens is 4. The van der Waals surface area contributed by atoms with Crippen molar-refractivity contribution in [3.8, 4) is 16.9 Å². The van der Waals surface area contributed by atoms with Gasteiger partial charge in [0.1, 0.15) is 11.9 Å². The summed E-state index contributed by atoms with van der Waals surface area (Å²) in [5.74, 6) is 1.28. The quantitative estimate of drug-likeness (QED) is 0.320. The number of fused-ring (bicyclic) bond motifs is 1. The lowest BCUT2D eigenvalue weighted by Crippen LogP contribution is -2.30. The third-order valence-corrected chi connectivity index (χ3v) is 6.76. The third kappa shape index (κ3) is 5.04. The van der Waals surface area contributed by atoms with E-state index in [1.165, 1.54) is 0 Å². The van der Waals surface area contributed by atoms with Crippen molar-refractivity contribution in [2.75, 3.05) is 18.4 Å². The number of likely N-dealkylation sites (tertiary alicyclic amines) is 1. The summed E-state index contributed by atoms with van der Waals surface area (Å²) in [5.41, 5.74) is 3.55. The van der Waals surface area contributed by atoms with Crippen molar-refractivity contribution in [3.63, 3.8) is 0 Å². The van der Waals surface area contributed by atoms with Crippen LogP contribution in [0.5, 0.6) is 5.75 Å². The van der Waals surface area contributed by atoms with Crippen LogP contribution in [0, 0.1) is 0 Å². The van der Waals surface area contributed by atoms with Crippen molar-refractivity contribution in [2.45, 2.75) is 32.4 Å². The number of rotatable bonds is 6. The summed E-state index contributed by atoms with van der Waals surface area (Å²) in [5, 5.41) is 9.10. The molecule has 1 fully saturated rings. The Bertz CT molecular complexity index is 1340. The van der Waals surface area contributed by atoms with Crippen molar-refractivity contribution in [1.82, 2.24) is 24.6 Å². The smallest absolute Gasteiger partial charge is 0.227 e. The van der Waals surface area contributed by atoms with E-state index < -0.39 is 0 Å². The first-order valence-electron chi connectivity index (χ1n) is 11.3. The molecule has 0 amide bonds. The first kappa shape index (κ1) is 23.1. The summed E-state index contributed by atoms with van der Waals surface area (Å²) in [6, 6.07) is 10.4. The van der Waals surface area contributed by atoms with Gasteiger partial charge in [0.05, 0.1) is 16.7 Å². The standard InChI is InChI=1S/C25H26BrClN6O/c1-15(2)33-5-4-21(14-33)34-22-8-16(18-12-29-32(3)13-18)7-20(10-22)30-25-28-11-17-6-19(26)9-23(27)24(17)31-25/h6-13,15,21H,4-5,14H2,1-3H3,(H,28,30,31)/t21-/m1/s1. The highest BCUT2D eigenvalue weighted by Gasteiger charge is 2.26. The Kier molecular flexibility index (Phi) is 6.46. The van der Waals surface area contributed by atoms with Crippen molar-refractivity contribution >= 4 is 50.1 Å². The zero-order valence-corrected chi connectivity index (χ0v) is 21.6. The molecule has 7 nitrogen and oxygen atoms in total. The van der Waals surface area contributed by atoms with Gasteiger partial charge in [0.25, 0.3) is 0 Å². The molecule has 2 aromatic carbocycles. The van der Waals surface area contributed by atoms with Crippen molar-refractivity contribution in [1.29, 1.82) is 0 Å². The molecule has 0 bridgehead atoms. The van der Waals surface area contributed by atoms with E-state index in [9.17, 15) is 0 Å². The first-order chi connectivity index (χ1) is 16.3. The van der Waals surface area contributed by atoms with E-state index >= 15 is 0 Å². The number of ether oxygens (including phenoxy) is 1. The van der Waals surface area contributed by atoms with Crippen molar-refractivity contribution < 1.29 is 4.74 Å². The second kappa shape index (κ2) is 9.52. The molecule has 5 rings (SSSR count). The lowest BCUT2D eigenvalue weighted by molar-refractivity contribution is 0.187. The maximum atomic E-state index is 6.43. The Morgan fingerprint density at radius 3 is 2.74 bits per heavy atom. The monoisotopic (exact) mass is 540 g/mol. The van der Waals surface area contributed by atoms with Crippen LogP contribution in [0.1, 0.15) is 20.3 Å². The zero-order valence-electron chi connectivity index (χ0n) is 19.3. The highest BCUT2D eigenvalue weighted by molar-refractivity contribution is 9.10. The molecular weight excluding hydrogens is 516 g/mol. The van der Waals surface area contributed by atoms with Crippen LogP contribution in [0.3, 0.4) is 0 Å². The molecule has 0 aliphatic carbocycles. The Labute approximate surface area is 212 Å².